The second kappa shape index (κ2) is 5.59. The molecule has 0 aliphatic rings. The predicted octanol–water partition coefficient (Wildman–Crippen LogP) is 2.57. The summed E-state index contributed by atoms with van der Waals surface area (Å²) in [5, 5.41) is 0. The third kappa shape index (κ3) is 7.33. The van der Waals surface area contributed by atoms with Crippen LogP contribution in [-0.2, 0) is 0 Å². The minimum atomic E-state index is -4.19. The summed E-state index contributed by atoms with van der Waals surface area (Å²) in [7, 11) is 0. The molecule has 0 aliphatic carbocycles. The Morgan fingerprint density at radius 2 is 2.00 bits per heavy atom. The van der Waals surface area contributed by atoms with Crippen molar-refractivity contribution >= 4 is 0 Å². The second-order valence-electron chi connectivity index (χ2n) is 2.40. The first-order chi connectivity index (χ1) is 5.99. The number of rotatable bonds is 4. The molecule has 0 bridgehead atoms. The van der Waals surface area contributed by atoms with E-state index in [-0.39, 0.29) is 12.1 Å². The summed E-state index contributed by atoms with van der Waals surface area (Å²) in [6, 6.07) is 0. The highest BCUT2D eigenvalue weighted by Crippen LogP contribution is 2.24. The zero-order chi connectivity index (χ0) is 10.3. The van der Waals surface area contributed by atoms with Crippen molar-refractivity contribution < 1.29 is 13.2 Å². The molecule has 0 amide bonds. The molecule has 0 aromatic carbocycles. The van der Waals surface area contributed by atoms with Crippen molar-refractivity contribution in [1.29, 1.82) is 0 Å². The fourth-order valence-electron chi connectivity index (χ4n) is 0.774. The van der Waals surface area contributed by atoms with E-state index in [1.165, 1.54) is 24.3 Å². The molecule has 0 aromatic rings. The number of halogens is 3. The van der Waals surface area contributed by atoms with E-state index in [1.54, 1.807) is 0 Å². The van der Waals surface area contributed by atoms with Crippen LogP contribution in [0, 0.1) is 0 Å². The molecule has 0 atom stereocenters. The highest BCUT2D eigenvalue weighted by atomic mass is 19.4. The fourth-order valence-corrected chi connectivity index (χ4v) is 0.774. The number of allylic oxidation sites excluding steroid dienone is 4. The van der Waals surface area contributed by atoms with E-state index >= 15 is 0 Å². The normalized spacial score (nSPS) is 13.7. The lowest BCUT2D eigenvalue weighted by Crippen LogP contribution is -2.08. The summed E-state index contributed by atoms with van der Waals surface area (Å²) >= 11 is 0. The van der Waals surface area contributed by atoms with Gasteiger partial charge in [0.25, 0.3) is 0 Å². The van der Waals surface area contributed by atoms with Gasteiger partial charge in [0, 0.05) is 6.54 Å². The van der Waals surface area contributed by atoms with Gasteiger partial charge in [-0.15, -0.1) is 0 Å². The summed E-state index contributed by atoms with van der Waals surface area (Å²) < 4.78 is 35.7. The van der Waals surface area contributed by atoms with E-state index in [9.17, 15) is 13.2 Å². The van der Waals surface area contributed by atoms with Crippen LogP contribution in [0.25, 0.3) is 0 Å². The Labute approximate surface area is 75.4 Å². The summed E-state index contributed by atoms with van der Waals surface area (Å²) in [6.45, 7) is 3.47. The zero-order valence-corrected chi connectivity index (χ0v) is 7.14. The van der Waals surface area contributed by atoms with Crippen LogP contribution in [0.2, 0.25) is 0 Å². The molecule has 0 fully saturated rings. The quantitative estimate of drug-likeness (QED) is 0.679. The maximum atomic E-state index is 11.9. The maximum Gasteiger partial charge on any atom is 0.393 e. The molecule has 2 N–H and O–H groups in total. The number of hydrogen-bond acceptors (Lipinski definition) is 1. The van der Waals surface area contributed by atoms with Crippen molar-refractivity contribution in [3.63, 3.8) is 0 Å². The lowest BCUT2D eigenvalue weighted by atomic mass is 10.1. The average Bonchev–Trinajstić information content (AvgIpc) is 1.98. The molecule has 0 saturated heterocycles. The molecule has 4 heteroatoms. The van der Waals surface area contributed by atoms with Crippen LogP contribution in [0.4, 0.5) is 13.2 Å². The van der Waals surface area contributed by atoms with Crippen LogP contribution < -0.4 is 5.73 Å². The fraction of sp³-hybridized carbons (Fsp3) is 0.333. The van der Waals surface area contributed by atoms with Gasteiger partial charge in [-0.3, -0.25) is 0 Å². The first kappa shape index (κ1) is 12.0. The average molecular weight is 191 g/mol. The van der Waals surface area contributed by atoms with E-state index in [1.807, 2.05) is 0 Å². The molecular weight excluding hydrogens is 179 g/mol. The topological polar surface area (TPSA) is 26.0 Å². The molecular formula is C9H12F3N. The lowest BCUT2D eigenvalue weighted by molar-refractivity contribution is -0.126. The smallest absolute Gasteiger partial charge is 0.327 e. The molecule has 0 aliphatic heterocycles. The summed E-state index contributed by atoms with van der Waals surface area (Å²) in [6.07, 6.45) is 0.426. The van der Waals surface area contributed by atoms with Crippen molar-refractivity contribution in [2.24, 2.45) is 5.73 Å². The van der Waals surface area contributed by atoms with Crippen LogP contribution in [0.3, 0.4) is 0 Å². The predicted molar refractivity (Wildman–Crippen MR) is 47.1 cm³/mol. The number of alkyl halides is 3. The molecule has 74 valence electrons. The third-order valence-corrected chi connectivity index (χ3v) is 1.23. The van der Waals surface area contributed by atoms with Crippen molar-refractivity contribution in [3.05, 3.63) is 36.5 Å². The molecule has 0 unspecified atom stereocenters. The SMILES string of the molecule is C=C/C=C\C(=C/CN)CC(F)(F)F. The monoisotopic (exact) mass is 191 g/mol. The number of hydrogen-bond donors (Lipinski definition) is 1. The van der Waals surface area contributed by atoms with Gasteiger partial charge in [-0.2, -0.15) is 13.2 Å². The van der Waals surface area contributed by atoms with Crippen LogP contribution in [0.15, 0.2) is 36.5 Å². The molecule has 1 nitrogen and oxygen atoms in total. The molecule has 0 heterocycles. The Bertz CT molecular complexity index is 213. The highest BCUT2D eigenvalue weighted by Gasteiger charge is 2.27. The van der Waals surface area contributed by atoms with Gasteiger partial charge < -0.3 is 5.73 Å². The first-order valence-electron chi connectivity index (χ1n) is 3.74. The van der Waals surface area contributed by atoms with E-state index in [0.29, 0.717) is 0 Å². The van der Waals surface area contributed by atoms with Gasteiger partial charge in [0.2, 0.25) is 0 Å². The second-order valence-corrected chi connectivity index (χ2v) is 2.40. The van der Waals surface area contributed by atoms with Crippen LogP contribution in [-0.4, -0.2) is 12.7 Å². The Hall–Kier alpha value is -1.03. The summed E-state index contributed by atoms with van der Waals surface area (Å²) in [5.74, 6) is 0. The van der Waals surface area contributed by atoms with Gasteiger partial charge in [-0.05, 0) is 5.57 Å². The van der Waals surface area contributed by atoms with Crippen molar-refractivity contribution in [1.82, 2.24) is 0 Å². The summed E-state index contributed by atoms with van der Waals surface area (Å²) in [5.41, 5.74) is 5.28. The molecule has 0 saturated carbocycles. The Balaban J connectivity index is 4.36. The van der Waals surface area contributed by atoms with Gasteiger partial charge >= 0.3 is 6.18 Å². The Kier molecular flexibility index (Phi) is 5.14. The largest absolute Gasteiger partial charge is 0.393 e. The molecule has 0 spiro atoms. The Morgan fingerprint density at radius 1 is 1.38 bits per heavy atom. The van der Waals surface area contributed by atoms with Crippen molar-refractivity contribution in [3.8, 4) is 0 Å². The van der Waals surface area contributed by atoms with Gasteiger partial charge in [0.1, 0.15) is 0 Å². The molecule has 13 heavy (non-hydrogen) atoms. The minimum absolute atomic E-state index is 0.104. The molecule has 0 rings (SSSR count). The van der Waals surface area contributed by atoms with Gasteiger partial charge in [0.15, 0.2) is 0 Å². The first-order valence-corrected chi connectivity index (χ1v) is 3.74. The highest BCUT2D eigenvalue weighted by molar-refractivity contribution is 5.22. The van der Waals surface area contributed by atoms with E-state index in [0.717, 1.165) is 0 Å². The van der Waals surface area contributed by atoms with Crippen LogP contribution in [0.5, 0.6) is 0 Å². The van der Waals surface area contributed by atoms with Crippen molar-refractivity contribution in [2.75, 3.05) is 6.54 Å². The minimum Gasteiger partial charge on any atom is -0.327 e. The van der Waals surface area contributed by atoms with Gasteiger partial charge in [-0.25, -0.2) is 0 Å². The summed E-state index contributed by atoms with van der Waals surface area (Å²) in [4.78, 5) is 0. The maximum absolute atomic E-state index is 11.9. The third-order valence-electron chi connectivity index (χ3n) is 1.23. The van der Waals surface area contributed by atoms with Gasteiger partial charge in [0.05, 0.1) is 6.42 Å². The lowest BCUT2D eigenvalue weighted by Gasteiger charge is -2.06. The van der Waals surface area contributed by atoms with Crippen LogP contribution >= 0.6 is 0 Å². The molecule has 0 aromatic heterocycles. The van der Waals surface area contributed by atoms with E-state index < -0.39 is 12.6 Å². The van der Waals surface area contributed by atoms with Crippen molar-refractivity contribution in [2.45, 2.75) is 12.6 Å². The van der Waals surface area contributed by atoms with Gasteiger partial charge in [-0.1, -0.05) is 30.9 Å². The van der Waals surface area contributed by atoms with E-state index in [4.69, 9.17) is 5.73 Å². The Morgan fingerprint density at radius 3 is 2.38 bits per heavy atom. The standard InChI is InChI=1S/C9H12F3N/c1-2-3-4-8(5-6-13)7-9(10,11)12/h2-5H,1,6-7,13H2/b4-3-,8-5+. The zero-order valence-electron chi connectivity index (χ0n) is 7.14. The number of nitrogens with two attached hydrogens (primary N) is 1. The van der Waals surface area contributed by atoms with E-state index in [2.05, 4.69) is 6.58 Å². The molecule has 0 radical (unpaired) electrons. The van der Waals surface area contributed by atoms with Crippen LogP contribution in [0.1, 0.15) is 6.42 Å².